The zero-order valence-corrected chi connectivity index (χ0v) is 14.7. The summed E-state index contributed by atoms with van der Waals surface area (Å²) in [6.45, 7) is 7.00. The maximum absolute atomic E-state index is 10.5. The number of aliphatic hydroxyl groups excluding tert-OH is 1. The number of halogens is 1. The van der Waals surface area contributed by atoms with Crippen LogP contribution in [0.25, 0.3) is 0 Å². The van der Waals surface area contributed by atoms with Gasteiger partial charge in [0.1, 0.15) is 11.4 Å². The average molecular weight is 353 g/mol. The van der Waals surface area contributed by atoms with Gasteiger partial charge in [-0.3, -0.25) is 0 Å². The predicted molar refractivity (Wildman–Crippen MR) is 88.5 cm³/mol. The molecule has 1 spiro atoms. The molecular formula is C18H25BrO2. The van der Waals surface area contributed by atoms with Crippen molar-refractivity contribution in [1.82, 2.24) is 0 Å². The Morgan fingerprint density at radius 1 is 1.24 bits per heavy atom. The molecule has 1 unspecified atom stereocenters. The van der Waals surface area contributed by atoms with Crippen molar-refractivity contribution in [3.05, 3.63) is 28.2 Å². The summed E-state index contributed by atoms with van der Waals surface area (Å²) in [7, 11) is 0. The molecule has 0 aromatic heterocycles. The lowest BCUT2D eigenvalue weighted by atomic mass is 9.66. The van der Waals surface area contributed by atoms with Crippen LogP contribution in [0.15, 0.2) is 22.7 Å². The molecule has 1 saturated carbocycles. The summed E-state index contributed by atoms with van der Waals surface area (Å²) in [5.41, 5.74) is 1.15. The number of ether oxygens (including phenoxy) is 1. The lowest BCUT2D eigenvalue weighted by Gasteiger charge is -2.47. The standard InChI is InChI=1S/C18H25BrO2/c1-17(2,3)12-6-8-18(9-7-12)11-15(20)14-10-13(19)4-5-16(14)21-18/h4-5,10,12,15,20H,6-9,11H2,1-3H3. The molecule has 0 amide bonds. The predicted octanol–water partition coefficient (Wildman–Crippen LogP) is 5.24. The fourth-order valence-electron chi connectivity index (χ4n) is 3.93. The molecular weight excluding hydrogens is 328 g/mol. The van der Waals surface area contributed by atoms with E-state index in [1.54, 1.807) is 0 Å². The third-order valence-electron chi connectivity index (χ3n) is 5.34. The number of hydrogen-bond acceptors (Lipinski definition) is 2. The molecule has 1 aromatic rings. The first kappa shape index (κ1) is 15.4. The molecule has 0 saturated heterocycles. The van der Waals surface area contributed by atoms with Gasteiger partial charge in [-0.2, -0.15) is 0 Å². The van der Waals surface area contributed by atoms with Crippen LogP contribution in [0.2, 0.25) is 0 Å². The summed E-state index contributed by atoms with van der Waals surface area (Å²) in [6, 6.07) is 5.96. The third-order valence-corrected chi connectivity index (χ3v) is 5.84. The summed E-state index contributed by atoms with van der Waals surface area (Å²) in [5, 5.41) is 10.5. The van der Waals surface area contributed by atoms with Crippen LogP contribution in [0, 0.1) is 11.3 Å². The molecule has 1 aliphatic carbocycles. The molecule has 1 aromatic carbocycles. The molecule has 21 heavy (non-hydrogen) atoms. The molecule has 2 aliphatic rings. The molecule has 1 atom stereocenters. The van der Waals surface area contributed by atoms with Gasteiger partial charge in [0.2, 0.25) is 0 Å². The summed E-state index contributed by atoms with van der Waals surface area (Å²) in [4.78, 5) is 0. The molecule has 2 nitrogen and oxygen atoms in total. The SMILES string of the molecule is CC(C)(C)C1CCC2(CC1)CC(O)c1cc(Br)ccc1O2. The summed E-state index contributed by atoms with van der Waals surface area (Å²) in [6.07, 6.45) is 4.83. The molecule has 3 heteroatoms. The minimum absolute atomic E-state index is 0.151. The fraction of sp³-hybridized carbons (Fsp3) is 0.667. The topological polar surface area (TPSA) is 29.5 Å². The van der Waals surface area contributed by atoms with E-state index in [2.05, 4.69) is 36.7 Å². The van der Waals surface area contributed by atoms with Crippen molar-refractivity contribution in [2.24, 2.45) is 11.3 Å². The van der Waals surface area contributed by atoms with Crippen LogP contribution >= 0.6 is 15.9 Å². The van der Waals surface area contributed by atoms with E-state index >= 15 is 0 Å². The van der Waals surface area contributed by atoms with Gasteiger partial charge in [-0.15, -0.1) is 0 Å². The maximum Gasteiger partial charge on any atom is 0.126 e. The molecule has 0 radical (unpaired) electrons. The van der Waals surface area contributed by atoms with Gasteiger partial charge in [-0.25, -0.2) is 0 Å². The minimum Gasteiger partial charge on any atom is -0.487 e. The van der Waals surface area contributed by atoms with Crippen molar-refractivity contribution in [3.8, 4) is 5.75 Å². The van der Waals surface area contributed by atoms with Gasteiger partial charge in [-0.05, 0) is 55.2 Å². The van der Waals surface area contributed by atoms with Crippen LogP contribution < -0.4 is 4.74 Å². The smallest absolute Gasteiger partial charge is 0.126 e. The third kappa shape index (κ3) is 3.00. The first-order chi connectivity index (χ1) is 9.79. The molecule has 1 heterocycles. The number of rotatable bonds is 0. The van der Waals surface area contributed by atoms with E-state index in [0.29, 0.717) is 5.41 Å². The zero-order valence-electron chi connectivity index (χ0n) is 13.2. The zero-order chi connectivity index (χ0) is 15.3. The largest absolute Gasteiger partial charge is 0.487 e. The highest BCUT2D eigenvalue weighted by atomic mass is 79.9. The Bertz CT molecular complexity index is 525. The lowest BCUT2D eigenvalue weighted by Crippen LogP contribution is -2.45. The van der Waals surface area contributed by atoms with Crippen molar-refractivity contribution < 1.29 is 9.84 Å². The number of aliphatic hydroxyl groups is 1. The van der Waals surface area contributed by atoms with Gasteiger partial charge in [0.25, 0.3) is 0 Å². The Kier molecular flexibility index (Phi) is 3.86. The van der Waals surface area contributed by atoms with E-state index < -0.39 is 6.10 Å². The summed E-state index contributed by atoms with van der Waals surface area (Å²) < 4.78 is 7.36. The number of hydrogen-bond donors (Lipinski definition) is 1. The highest BCUT2D eigenvalue weighted by Gasteiger charge is 2.44. The Balaban J connectivity index is 1.79. The second-order valence-electron chi connectivity index (χ2n) is 7.83. The van der Waals surface area contributed by atoms with Crippen molar-refractivity contribution in [2.75, 3.05) is 0 Å². The van der Waals surface area contributed by atoms with Crippen LogP contribution in [0.3, 0.4) is 0 Å². The van der Waals surface area contributed by atoms with Crippen LogP contribution in [0.4, 0.5) is 0 Å². The average Bonchev–Trinajstić information content (AvgIpc) is 2.39. The van der Waals surface area contributed by atoms with Gasteiger partial charge in [0, 0.05) is 16.5 Å². The van der Waals surface area contributed by atoms with Gasteiger partial charge >= 0.3 is 0 Å². The Morgan fingerprint density at radius 2 is 1.90 bits per heavy atom. The molecule has 0 bridgehead atoms. The summed E-state index contributed by atoms with van der Waals surface area (Å²) in [5.74, 6) is 1.63. The Labute approximate surface area is 136 Å². The number of fused-ring (bicyclic) bond motifs is 1. The fourth-order valence-corrected chi connectivity index (χ4v) is 4.30. The Morgan fingerprint density at radius 3 is 2.52 bits per heavy atom. The molecule has 1 N–H and O–H groups in total. The quantitative estimate of drug-likeness (QED) is 0.691. The van der Waals surface area contributed by atoms with Crippen LogP contribution in [-0.2, 0) is 0 Å². The first-order valence-corrected chi connectivity index (χ1v) is 8.75. The van der Waals surface area contributed by atoms with Crippen molar-refractivity contribution >= 4 is 15.9 Å². The highest BCUT2D eigenvalue weighted by Crippen LogP contribution is 2.50. The van der Waals surface area contributed by atoms with E-state index in [1.807, 2.05) is 18.2 Å². The lowest BCUT2D eigenvalue weighted by molar-refractivity contribution is -0.0564. The van der Waals surface area contributed by atoms with Gasteiger partial charge in [0.15, 0.2) is 0 Å². The first-order valence-electron chi connectivity index (χ1n) is 7.96. The second kappa shape index (κ2) is 5.27. The minimum atomic E-state index is -0.405. The van der Waals surface area contributed by atoms with E-state index in [4.69, 9.17) is 4.74 Å². The van der Waals surface area contributed by atoms with Crippen LogP contribution in [0.1, 0.15) is 64.5 Å². The van der Waals surface area contributed by atoms with Crippen molar-refractivity contribution in [3.63, 3.8) is 0 Å². The Hall–Kier alpha value is -0.540. The normalized spacial score (nSPS) is 32.6. The molecule has 1 aliphatic heterocycles. The second-order valence-corrected chi connectivity index (χ2v) is 8.74. The van der Waals surface area contributed by atoms with E-state index in [-0.39, 0.29) is 5.60 Å². The van der Waals surface area contributed by atoms with Gasteiger partial charge in [-0.1, -0.05) is 36.7 Å². The molecule has 3 rings (SSSR count). The highest BCUT2D eigenvalue weighted by molar-refractivity contribution is 9.10. The van der Waals surface area contributed by atoms with Gasteiger partial charge in [0.05, 0.1) is 6.10 Å². The van der Waals surface area contributed by atoms with Crippen molar-refractivity contribution in [2.45, 2.75) is 64.6 Å². The molecule has 116 valence electrons. The number of benzene rings is 1. The van der Waals surface area contributed by atoms with E-state index in [0.717, 1.165) is 41.0 Å². The van der Waals surface area contributed by atoms with Gasteiger partial charge < -0.3 is 9.84 Å². The summed E-state index contributed by atoms with van der Waals surface area (Å²) >= 11 is 3.47. The van der Waals surface area contributed by atoms with Crippen molar-refractivity contribution in [1.29, 1.82) is 0 Å². The monoisotopic (exact) mass is 352 g/mol. The van der Waals surface area contributed by atoms with E-state index in [9.17, 15) is 5.11 Å². The van der Waals surface area contributed by atoms with E-state index in [1.165, 1.54) is 12.8 Å². The molecule has 1 fully saturated rings. The van der Waals surface area contributed by atoms with Crippen LogP contribution in [0.5, 0.6) is 5.75 Å². The maximum atomic E-state index is 10.5. The van der Waals surface area contributed by atoms with Crippen LogP contribution in [-0.4, -0.2) is 10.7 Å².